The van der Waals surface area contributed by atoms with Crippen LogP contribution in [0, 0.1) is 10.1 Å². The van der Waals surface area contributed by atoms with E-state index in [-0.39, 0.29) is 11.7 Å². The summed E-state index contributed by atoms with van der Waals surface area (Å²) in [6.45, 7) is 0.969. The van der Waals surface area contributed by atoms with Crippen LogP contribution < -0.4 is 15.4 Å². The first kappa shape index (κ1) is 19.3. The summed E-state index contributed by atoms with van der Waals surface area (Å²) in [5, 5.41) is 18.1. The summed E-state index contributed by atoms with van der Waals surface area (Å²) in [7, 11) is 1.57. The van der Waals surface area contributed by atoms with Gasteiger partial charge < -0.3 is 15.2 Å². The number of hydrogen-bond donors (Lipinski definition) is 2. The molecule has 0 radical (unpaired) electrons. The van der Waals surface area contributed by atoms with Gasteiger partial charge in [0.05, 0.1) is 16.3 Å². The average molecular weight is 397 g/mol. The highest BCUT2D eigenvalue weighted by molar-refractivity contribution is 7.07. The largest absolute Gasteiger partial charge is 0.341 e. The molecule has 2 amide bonds. The van der Waals surface area contributed by atoms with Gasteiger partial charge in [0.25, 0.3) is 5.69 Å². The fraction of sp³-hybridized carbons (Fsp3) is 0.158. The molecular formula is C19H19N5O3S. The smallest absolute Gasteiger partial charge is 0.314 e. The van der Waals surface area contributed by atoms with Gasteiger partial charge in [-0.2, -0.15) is 0 Å². The first-order valence-corrected chi connectivity index (χ1v) is 9.45. The molecule has 8 nitrogen and oxygen atoms in total. The number of aromatic nitrogens is 1. The molecule has 0 aliphatic heterocycles. The van der Waals surface area contributed by atoms with Crippen molar-refractivity contribution in [2.45, 2.75) is 6.54 Å². The van der Waals surface area contributed by atoms with E-state index in [1.807, 2.05) is 40.3 Å². The molecule has 3 aromatic rings. The number of urea groups is 1. The van der Waals surface area contributed by atoms with Crippen LogP contribution in [0.3, 0.4) is 0 Å². The number of non-ortho nitro benzene ring substituents is 1. The van der Waals surface area contributed by atoms with Crippen molar-refractivity contribution in [3.63, 3.8) is 0 Å². The highest BCUT2D eigenvalue weighted by atomic mass is 32.1. The first-order chi connectivity index (χ1) is 13.6. The molecule has 2 aromatic carbocycles. The number of rotatable bonds is 6. The Bertz CT molecular complexity index is 1030. The summed E-state index contributed by atoms with van der Waals surface area (Å²) < 4.78 is 2.03. The molecule has 0 saturated carbocycles. The number of nitro groups is 1. The van der Waals surface area contributed by atoms with Crippen LogP contribution >= 0.6 is 11.3 Å². The van der Waals surface area contributed by atoms with Crippen LogP contribution in [0.15, 0.2) is 65.0 Å². The third kappa shape index (κ3) is 4.63. The number of carbonyl (C=O) groups excluding carboxylic acids is 1. The van der Waals surface area contributed by atoms with Gasteiger partial charge in [-0.1, -0.05) is 30.3 Å². The quantitative estimate of drug-likeness (QED) is 0.493. The van der Waals surface area contributed by atoms with E-state index in [0.29, 0.717) is 18.8 Å². The zero-order chi connectivity index (χ0) is 19.9. The topological polar surface area (TPSA) is 102 Å². The highest BCUT2D eigenvalue weighted by Gasteiger charge is 2.09. The molecule has 0 bridgehead atoms. The molecule has 28 heavy (non-hydrogen) atoms. The molecular weight excluding hydrogens is 378 g/mol. The van der Waals surface area contributed by atoms with E-state index < -0.39 is 4.92 Å². The summed E-state index contributed by atoms with van der Waals surface area (Å²) in [6, 6.07) is 15.8. The minimum atomic E-state index is -0.437. The minimum Gasteiger partial charge on any atom is -0.341 e. The Labute approximate surface area is 165 Å². The van der Waals surface area contributed by atoms with Gasteiger partial charge in [-0.3, -0.25) is 10.1 Å². The van der Waals surface area contributed by atoms with Gasteiger partial charge in [-0.25, -0.2) is 9.79 Å². The molecule has 9 heteroatoms. The van der Waals surface area contributed by atoms with Crippen molar-refractivity contribution in [3.05, 3.63) is 74.9 Å². The lowest BCUT2D eigenvalue weighted by Gasteiger charge is -2.10. The summed E-state index contributed by atoms with van der Waals surface area (Å²) in [5.74, 6) is 0. The lowest BCUT2D eigenvalue weighted by molar-refractivity contribution is -0.384. The van der Waals surface area contributed by atoms with E-state index in [2.05, 4.69) is 15.6 Å². The van der Waals surface area contributed by atoms with E-state index in [0.717, 1.165) is 16.1 Å². The number of nitro benzene ring substituents is 1. The molecule has 0 unspecified atom stereocenters. The zero-order valence-corrected chi connectivity index (χ0v) is 16.0. The maximum atomic E-state index is 11.5. The summed E-state index contributed by atoms with van der Waals surface area (Å²) in [6.07, 6.45) is 0. The van der Waals surface area contributed by atoms with Crippen LogP contribution in [0.5, 0.6) is 0 Å². The number of benzene rings is 2. The van der Waals surface area contributed by atoms with Crippen molar-refractivity contribution < 1.29 is 9.72 Å². The highest BCUT2D eigenvalue weighted by Crippen LogP contribution is 2.21. The maximum Gasteiger partial charge on any atom is 0.314 e. The predicted molar refractivity (Wildman–Crippen MR) is 109 cm³/mol. The van der Waals surface area contributed by atoms with Gasteiger partial charge in [0.2, 0.25) is 0 Å². The van der Waals surface area contributed by atoms with Crippen LogP contribution in [-0.2, 0) is 6.54 Å². The van der Waals surface area contributed by atoms with E-state index in [1.165, 1.54) is 23.5 Å². The Kier molecular flexibility index (Phi) is 6.18. The zero-order valence-electron chi connectivity index (χ0n) is 15.2. The lowest BCUT2D eigenvalue weighted by Crippen LogP contribution is -2.35. The van der Waals surface area contributed by atoms with Crippen LogP contribution in [-0.4, -0.2) is 29.1 Å². The Morgan fingerprint density at radius 3 is 2.54 bits per heavy atom. The molecule has 0 aliphatic rings. The molecule has 1 heterocycles. The van der Waals surface area contributed by atoms with Crippen molar-refractivity contribution >= 4 is 28.7 Å². The Morgan fingerprint density at radius 2 is 1.89 bits per heavy atom. The number of thiazole rings is 1. The summed E-state index contributed by atoms with van der Waals surface area (Å²) in [4.78, 5) is 27.2. The normalized spacial score (nSPS) is 11.2. The monoisotopic (exact) mass is 397 g/mol. The van der Waals surface area contributed by atoms with Crippen molar-refractivity contribution in [2.75, 3.05) is 13.6 Å². The third-order valence-corrected chi connectivity index (χ3v) is 4.86. The third-order valence-electron chi connectivity index (χ3n) is 4.00. The Morgan fingerprint density at radius 1 is 1.18 bits per heavy atom. The van der Waals surface area contributed by atoms with Gasteiger partial charge in [-0.15, -0.1) is 11.3 Å². The summed E-state index contributed by atoms with van der Waals surface area (Å²) in [5.41, 5.74) is 2.69. The molecule has 0 aliphatic carbocycles. The Hall–Kier alpha value is -3.46. The SMILES string of the molecule is CNC(=O)NCCn1c(-c2ccccc2)csc1=Nc1ccc([N+](=O)[O-])cc1. The second-order valence-electron chi connectivity index (χ2n) is 5.81. The van der Waals surface area contributed by atoms with Gasteiger partial charge in [0.15, 0.2) is 4.80 Å². The summed E-state index contributed by atoms with van der Waals surface area (Å²) >= 11 is 1.48. The standard InChI is InChI=1S/C19H19N5O3S/c1-20-18(25)21-11-12-23-17(14-5-3-2-4-6-14)13-28-19(23)22-15-7-9-16(10-8-15)24(26)27/h2-10,13H,11-12H2,1H3,(H2,20,21,25). The number of nitrogens with zero attached hydrogens (tertiary/aromatic N) is 3. The molecule has 0 saturated heterocycles. The van der Waals surface area contributed by atoms with Crippen molar-refractivity contribution in [1.82, 2.24) is 15.2 Å². The van der Waals surface area contributed by atoms with Gasteiger partial charge in [0.1, 0.15) is 0 Å². The number of nitrogens with one attached hydrogen (secondary N) is 2. The maximum absolute atomic E-state index is 11.5. The molecule has 1 aromatic heterocycles. The number of hydrogen-bond acceptors (Lipinski definition) is 5. The minimum absolute atomic E-state index is 0.0257. The van der Waals surface area contributed by atoms with E-state index in [1.54, 1.807) is 19.2 Å². The van der Waals surface area contributed by atoms with Crippen LogP contribution in [0.4, 0.5) is 16.2 Å². The van der Waals surface area contributed by atoms with Crippen LogP contribution in [0.1, 0.15) is 0 Å². The second kappa shape index (κ2) is 8.96. The second-order valence-corrected chi connectivity index (χ2v) is 6.65. The molecule has 144 valence electrons. The lowest BCUT2D eigenvalue weighted by atomic mass is 10.2. The van der Waals surface area contributed by atoms with Crippen molar-refractivity contribution in [2.24, 2.45) is 4.99 Å². The fourth-order valence-corrected chi connectivity index (χ4v) is 3.56. The predicted octanol–water partition coefficient (Wildman–Crippen LogP) is 3.29. The molecule has 0 fully saturated rings. The van der Waals surface area contributed by atoms with Gasteiger partial charge >= 0.3 is 6.03 Å². The first-order valence-electron chi connectivity index (χ1n) is 8.57. The molecule has 0 spiro atoms. The van der Waals surface area contributed by atoms with Gasteiger partial charge in [0, 0.05) is 37.6 Å². The van der Waals surface area contributed by atoms with Crippen molar-refractivity contribution in [1.29, 1.82) is 0 Å². The molecule has 3 rings (SSSR count). The van der Waals surface area contributed by atoms with Crippen LogP contribution in [0.2, 0.25) is 0 Å². The van der Waals surface area contributed by atoms with E-state index >= 15 is 0 Å². The molecule has 0 atom stereocenters. The van der Waals surface area contributed by atoms with Crippen molar-refractivity contribution in [3.8, 4) is 11.3 Å². The fourth-order valence-electron chi connectivity index (χ4n) is 2.60. The average Bonchev–Trinajstić information content (AvgIpc) is 3.11. The Balaban J connectivity index is 1.96. The number of amides is 2. The van der Waals surface area contributed by atoms with Gasteiger partial charge in [-0.05, 0) is 17.7 Å². The molecule has 2 N–H and O–H groups in total. The van der Waals surface area contributed by atoms with E-state index in [4.69, 9.17) is 0 Å². The number of carbonyl (C=O) groups is 1. The van der Waals surface area contributed by atoms with E-state index in [9.17, 15) is 14.9 Å². The van der Waals surface area contributed by atoms with Crippen LogP contribution in [0.25, 0.3) is 11.3 Å².